The van der Waals surface area contributed by atoms with Gasteiger partial charge in [-0.3, -0.25) is 19.6 Å². The molecule has 4 rings (SSSR count). The smallest absolute Gasteiger partial charge is 0.0394 e. The molecule has 2 atom stereocenters. The SMILES string of the molecule is CC.CC(C)N1CC2C1CN2C(C)C.CC(C)N1CCN(C(C)C)C2(CCCC2)C1. The summed E-state index contributed by atoms with van der Waals surface area (Å²) in [5.41, 5.74) is 0.524. The second-order valence-corrected chi connectivity index (χ2v) is 11.0. The van der Waals surface area contributed by atoms with Gasteiger partial charge in [-0.25, -0.2) is 0 Å². The Labute approximate surface area is 189 Å². The molecule has 3 saturated heterocycles. The maximum Gasteiger partial charge on any atom is 0.0394 e. The molecule has 2 unspecified atom stereocenters. The molecule has 3 heterocycles. The van der Waals surface area contributed by atoms with Gasteiger partial charge < -0.3 is 0 Å². The lowest BCUT2D eigenvalue weighted by molar-refractivity contribution is -0.149. The van der Waals surface area contributed by atoms with Crippen LogP contribution in [-0.4, -0.2) is 94.1 Å². The van der Waals surface area contributed by atoms with Gasteiger partial charge in [0.15, 0.2) is 0 Å². The Morgan fingerprint density at radius 1 is 0.633 bits per heavy atom. The van der Waals surface area contributed by atoms with Crippen molar-refractivity contribution in [3.63, 3.8) is 0 Å². The van der Waals surface area contributed by atoms with Crippen LogP contribution in [0.3, 0.4) is 0 Å². The van der Waals surface area contributed by atoms with Crippen molar-refractivity contribution in [2.45, 2.75) is 137 Å². The van der Waals surface area contributed by atoms with Gasteiger partial charge in [0.1, 0.15) is 0 Å². The summed E-state index contributed by atoms with van der Waals surface area (Å²) in [6.07, 6.45) is 5.73. The van der Waals surface area contributed by atoms with Gasteiger partial charge in [-0.05, 0) is 68.2 Å². The summed E-state index contributed by atoms with van der Waals surface area (Å²) in [7, 11) is 0. The molecule has 1 saturated carbocycles. The van der Waals surface area contributed by atoms with Crippen LogP contribution in [0.25, 0.3) is 0 Å². The lowest BCUT2D eigenvalue weighted by Gasteiger charge is -2.64. The Morgan fingerprint density at radius 3 is 1.43 bits per heavy atom. The van der Waals surface area contributed by atoms with Crippen LogP contribution in [-0.2, 0) is 0 Å². The van der Waals surface area contributed by atoms with Crippen molar-refractivity contribution in [1.29, 1.82) is 0 Å². The fourth-order valence-corrected chi connectivity index (χ4v) is 6.26. The van der Waals surface area contributed by atoms with Gasteiger partial charge in [0, 0.05) is 74.5 Å². The number of hydrogen-bond donors (Lipinski definition) is 0. The zero-order valence-electron chi connectivity index (χ0n) is 22.1. The highest BCUT2D eigenvalue weighted by atomic mass is 15.4. The third-order valence-corrected chi connectivity index (χ3v) is 8.04. The first-order valence-corrected chi connectivity index (χ1v) is 13.2. The van der Waals surface area contributed by atoms with Crippen molar-refractivity contribution < 1.29 is 0 Å². The number of nitrogens with zero attached hydrogens (tertiary/aromatic N) is 4. The minimum atomic E-state index is 0.524. The van der Waals surface area contributed by atoms with Gasteiger partial charge in [0.2, 0.25) is 0 Å². The van der Waals surface area contributed by atoms with Crippen LogP contribution in [0.1, 0.15) is 94.9 Å². The van der Waals surface area contributed by atoms with E-state index in [1.54, 1.807) is 0 Å². The lowest BCUT2D eigenvalue weighted by atomic mass is 9.83. The van der Waals surface area contributed by atoms with E-state index in [1.165, 1.54) is 58.4 Å². The Bertz CT molecular complexity index is 475. The summed E-state index contributed by atoms with van der Waals surface area (Å²) in [4.78, 5) is 10.7. The molecule has 1 spiro atoms. The van der Waals surface area contributed by atoms with Crippen LogP contribution in [0.2, 0.25) is 0 Å². The van der Waals surface area contributed by atoms with Crippen LogP contribution in [0.4, 0.5) is 0 Å². The summed E-state index contributed by atoms with van der Waals surface area (Å²) in [6.45, 7) is 29.1. The molecule has 0 amide bonds. The monoisotopic (exact) mass is 422 g/mol. The van der Waals surface area contributed by atoms with E-state index >= 15 is 0 Å². The average molecular weight is 423 g/mol. The zero-order valence-corrected chi connectivity index (χ0v) is 22.1. The molecule has 4 nitrogen and oxygen atoms in total. The second kappa shape index (κ2) is 11.1. The Hall–Kier alpha value is -0.160. The van der Waals surface area contributed by atoms with Crippen molar-refractivity contribution in [2.75, 3.05) is 32.7 Å². The van der Waals surface area contributed by atoms with E-state index in [4.69, 9.17) is 0 Å². The van der Waals surface area contributed by atoms with Crippen LogP contribution < -0.4 is 0 Å². The van der Waals surface area contributed by atoms with Crippen LogP contribution in [0.15, 0.2) is 0 Å². The van der Waals surface area contributed by atoms with Gasteiger partial charge in [0.25, 0.3) is 0 Å². The second-order valence-electron chi connectivity index (χ2n) is 11.0. The Kier molecular flexibility index (Phi) is 9.67. The minimum Gasteiger partial charge on any atom is -0.298 e. The molecule has 3 aliphatic heterocycles. The molecule has 4 fully saturated rings. The van der Waals surface area contributed by atoms with Crippen molar-refractivity contribution >= 4 is 0 Å². The summed E-state index contributed by atoms with van der Waals surface area (Å²) < 4.78 is 0. The van der Waals surface area contributed by atoms with E-state index in [0.29, 0.717) is 17.6 Å². The standard InChI is InChI=1S/C14H28N2.C10H20N2.C2H6/c1-12(2)15-9-10-16(13(3)4)14(11-15)7-5-6-8-14;1-7(2)11-5-10-9(11)6-12(10)8(3)4;1-2/h12-13H,5-11H2,1-4H3;7-10H,5-6H2,1-4H3;1-2H3. The highest BCUT2D eigenvalue weighted by Crippen LogP contribution is 2.39. The molecule has 0 aromatic carbocycles. The summed E-state index contributed by atoms with van der Waals surface area (Å²) >= 11 is 0. The Balaban J connectivity index is 0.000000204. The zero-order chi connectivity index (χ0) is 22.6. The van der Waals surface area contributed by atoms with Crippen molar-refractivity contribution in [3.05, 3.63) is 0 Å². The third-order valence-electron chi connectivity index (χ3n) is 8.04. The van der Waals surface area contributed by atoms with Crippen molar-refractivity contribution in [2.24, 2.45) is 0 Å². The molecule has 4 heteroatoms. The van der Waals surface area contributed by atoms with Gasteiger partial charge in [-0.15, -0.1) is 0 Å². The summed E-state index contributed by atoms with van der Waals surface area (Å²) in [5, 5.41) is 0. The van der Waals surface area contributed by atoms with Crippen molar-refractivity contribution in [1.82, 2.24) is 19.6 Å². The Morgan fingerprint density at radius 2 is 1.10 bits per heavy atom. The van der Waals surface area contributed by atoms with Gasteiger partial charge in [-0.1, -0.05) is 26.7 Å². The predicted octanol–water partition coefficient (Wildman–Crippen LogP) is 4.93. The number of likely N-dealkylation sites (tertiary alicyclic amines) is 2. The fraction of sp³-hybridized carbons (Fsp3) is 1.00. The van der Waals surface area contributed by atoms with Crippen LogP contribution in [0, 0.1) is 0 Å². The largest absolute Gasteiger partial charge is 0.298 e. The third kappa shape index (κ3) is 5.42. The number of fused-ring (bicyclic) bond motifs is 1. The van der Waals surface area contributed by atoms with E-state index in [9.17, 15) is 0 Å². The van der Waals surface area contributed by atoms with Crippen LogP contribution >= 0.6 is 0 Å². The highest BCUT2D eigenvalue weighted by molar-refractivity contribution is 5.10. The molecular weight excluding hydrogens is 368 g/mol. The molecule has 0 aromatic rings. The molecular formula is C26H54N4. The average Bonchev–Trinajstić information content (AvgIpc) is 3.12. The van der Waals surface area contributed by atoms with E-state index in [0.717, 1.165) is 24.2 Å². The van der Waals surface area contributed by atoms with E-state index in [2.05, 4.69) is 75.0 Å². The lowest BCUT2D eigenvalue weighted by Crippen LogP contribution is -2.80. The van der Waals surface area contributed by atoms with Crippen molar-refractivity contribution in [3.8, 4) is 0 Å². The number of hydrogen-bond acceptors (Lipinski definition) is 4. The molecule has 0 radical (unpaired) electrons. The quantitative estimate of drug-likeness (QED) is 0.637. The summed E-state index contributed by atoms with van der Waals surface area (Å²) in [6, 6.07) is 4.72. The summed E-state index contributed by atoms with van der Waals surface area (Å²) in [5.74, 6) is 0. The molecule has 178 valence electrons. The van der Waals surface area contributed by atoms with Crippen LogP contribution in [0.5, 0.6) is 0 Å². The molecule has 4 aliphatic rings. The fourth-order valence-electron chi connectivity index (χ4n) is 6.26. The number of rotatable bonds is 4. The maximum atomic E-state index is 2.79. The minimum absolute atomic E-state index is 0.524. The maximum absolute atomic E-state index is 2.79. The topological polar surface area (TPSA) is 13.0 Å². The number of piperazine rings is 2. The highest BCUT2D eigenvalue weighted by Gasteiger charge is 2.52. The van der Waals surface area contributed by atoms with E-state index in [-0.39, 0.29) is 0 Å². The van der Waals surface area contributed by atoms with E-state index in [1.807, 2.05) is 13.8 Å². The molecule has 1 aliphatic carbocycles. The predicted molar refractivity (Wildman–Crippen MR) is 132 cm³/mol. The molecule has 0 N–H and O–H groups in total. The molecule has 0 aromatic heterocycles. The van der Waals surface area contributed by atoms with Gasteiger partial charge >= 0.3 is 0 Å². The van der Waals surface area contributed by atoms with E-state index < -0.39 is 0 Å². The first-order chi connectivity index (χ1) is 14.2. The van der Waals surface area contributed by atoms with Gasteiger partial charge in [-0.2, -0.15) is 0 Å². The first-order valence-electron chi connectivity index (χ1n) is 13.2. The molecule has 0 bridgehead atoms. The molecule has 30 heavy (non-hydrogen) atoms. The first kappa shape index (κ1) is 26.1. The normalized spacial score (nSPS) is 29.4. The van der Waals surface area contributed by atoms with Gasteiger partial charge in [0.05, 0.1) is 0 Å².